The highest BCUT2D eigenvalue weighted by Crippen LogP contribution is 2.06. The first-order valence-corrected chi connectivity index (χ1v) is 2.91. The molecule has 0 rings (SSSR count). The van der Waals surface area contributed by atoms with Crippen LogP contribution >= 0.6 is 0 Å². The van der Waals surface area contributed by atoms with Crippen LogP contribution in [0.15, 0.2) is 0 Å². The van der Waals surface area contributed by atoms with Crippen molar-refractivity contribution in [3.63, 3.8) is 0 Å². The Kier molecular flexibility index (Phi) is 5.08. The Bertz CT molecular complexity index is 41.7. The van der Waals surface area contributed by atoms with E-state index in [2.05, 4.69) is 13.8 Å². The minimum atomic E-state index is 1.04. The molecule has 0 saturated carbocycles. The van der Waals surface area contributed by atoms with Crippen LogP contribution in [0.1, 0.15) is 26.7 Å². The third kappa shape index (κ3) is 5.96. The summed E-state index contributed by atoms with van der Waals surface area (Å²) in [5.41, 5.74) is 0. The van der Waals surface area contributed by atoms with Crippen LogP contribution in [0.5, 0.6) is 0 Å². The number of hydrogen-bond acceptors (Lipinski definition) is 1. The Morgan fingerprint density at radius 1 is 1.50 bits per heavy atom. The van der Waals surface area contributed by atoms with Gasteiger partial charge in [0, 0.05) is 7.11 Å². The van der Waals surface area contributed by atoms with Crippen LogP contribution in [0.25, 0.3) is 0 Å². The highest BCUT2D eigenvalue weighted by molar-refractivity contribution is 4.77. The molecule has 0 aliphatic heterocycles. The van der Waals surface area contributed by atoms with Crippen LogP contribution in [-0.2, 0) is 4.74 Å². The number of methoxy groups -OCH3 is 1. The number of rotatable bonds is 4. The zero-order chi connectivity index (χ0) is 6.41. The van der Waals surface area contributed by atoms with Crippen LogP contribution in [-0.4, -0.2) is 7.11 Å². The summed E-state index contributed by atoms with van der Waals surface area (Å²) in [5, 5.41) is 0. The standard InChI is InChI=1S/C7H14O/c1-7(2)5-4-6-8-3/h6H,4-5H2,1-3H3. The van der Waals surface area contributed by atoms with Gasteiger partial charge >= 0.3 is 0 Å². The molecule has 0 atom stereocenters. The zero-order valence-electron chi connectivity index (χ0n) is 5.90. The SMILES string of the molecule is CO[CH]CC[C](C)C. The molecule has 0 aromatic rings. The van der Waals surface area contributed by atoms with Gasteiger partial charge in [-0.1, -0.05) is 13.8 Å². The van der Waals surface area contributed by atoms with Crippen LogP contribution < -0.4 is 0 Å². The number of ether oxygens (including phenoxy) is 1. The van der Waals surface area contributed by atoms with E-state index in [0.29, 0.717) is 0 Å². The molecule has 0 spiro atoms. The molecule has 1 nitrogen and oxygen atoms in total. The molecule has 0 bridgehead atoms. The van der Waals surface area contributed by atoms with Gasteiger partial charge in [0.25, 0.3) is 0 Å². The van der Waals surface area contributed by atoms with Crippen LogP contribution in [0.4, 0.5) is 0 Å². The molecule has 0 aromatic carbocycles. The molecular weight excluding hydrogens is 100 g/mol. The van der Waals surface area contributed by atoms with Gasteiger partial charge in [-0.05, 0) is 18.8 Å². The van der Waals surface area contributed by atoms with E-state index in [1.165, 1.54) is 5.92 Å². The van der Waals surface area contributed by atoms with E-state index >= 15 is 0 Å². The molecule has 0 N–H and O–H groups in total. The van der Waals surface area contributed by atoms with Crippen molar-refractivity contribution in [2.45, 2.75) is 26.7 Å². The van der Waals surface area contributed by atoms with Gasteiger partial charge in [-0.15, -0.1) is 0 Å². The summed E-state index contributed by atoms with van der Waals surface area (Å²) in [7, 11) is 1.69. The Labute approximate surface area is 52.0 Å². The molecule has 1 heteroatoms. The second kappa shape index (κ2) is 5.10. The van der Waals surface area contributed by atoms with Gasteiger partial charge in [0.1, 0.15) is 0 Å². The summed E-state index contributed by atoms with van der Waals surface area (Å²) < 4.78 is 4.75. The van der Waals surface area contributed by atoms with Crippen molar-refractivity contribution >= 4 is 0 Å². The lowest BCUT2D eigenvalue weighted by molar-refractivity contribution is 0.264. The maximum Gasteiger partial charge on any atom is 0.0832 e. The van der Waals surface area contributed by atoms with E-state index in [1.807, 2.05) is 6.61 Å². The fourth-order valence-corrected chi connectivity index (χ4v) is 0.465. The zero-order valence-corrected chi connectivity index (χ0v) is 5.90. The van der Waals surface area contributed by atoms with Gasteiger partial charge in [0.2, 0.25) is 0 Å². The monoisotopic (exact) mass is 114 g/mol. The quantitative estimate of drug-likeness (QED) is 0.509. The van der Waals surface area contributed by atoms with Gasteiger partial charge in [0.15, 0.2) is 0 Å². The normalized spacial score (nSPS) is 10.5. The van der Waals surface area contributed by atoms with E-state index < -0.39 is 0 Å². The fourth-order valence-electron chi connectivity index (χ4n) is 0.465. The van der Waals surface area contributed by atoms with Crippen molar-refractivity contribution in [1.29, 1.82) is 0 Å². The van der Waals surface area contributed by atoms with E-state index in [9.17, 15) is 0 Å². The predicted molar refractivity (Wildman–Crippen MR) is 35.1 cm³/mol. The summed E-state index contributed by atoms with van der Waals surface area (Å²) >= 11 is 0. The lowest BCUT2D eigenvalue weighted by Gasteiger charge is -2.00. The Hall–Kier alpha value is -0.0400. The molecule has 8 heavy (non-hydrogen) atoms. The average molecular weight is 114 g/mol. The summed E-state index contributed by atoms with van der Waals surface area (Å²) in [6.45, 7) is 6.08. The topological polar surface area (TPSA) is 9.23 Å². The molecule has 0 aromatic heterocycles. The van der Waals surface area contributed by atoms with Crippen molar-refractivity contribution < 1.29 is 4.74 Å². The molecule has 0 aliphatic carbocycles. The maximum absolute atomic E-state index is 4.75. The van der Waals surface area contributed by atoms with Gasteiger partial charge in [0.05, 0.1) is 6.61 Å². The van der Waals surface area contributed by atoms with Crippen molar-refractivity contribution in [2.24, 2.45) is 0 Å². The summed E-state index contributed by atoms with van der Waals surface area (Å²) in [4.78, 5) is 0. The average Bonchev–Trinajstić information content (AvgIpc) is 1.66. The second-order valence-corrected chi connectivity index (χ2v) is 2.15. The first-order valence-electron chi connectivity index (χ1n) is 2.91. The van der Waals surface area contributed by atoms with E-state index in [4.69, 9.17) is 4.74 Å². The number of hydrogen-bond donors (Lipinski definition) is 0. The van der Waals surface area contributed by atoms with Crippen LogP contribution in [0.2, 0.25) is 0 Å². The minimum absolute atomic E-state index is 1.04. The molecule has 0 aliphatic rings. The highest BCUT2D eigenvalue weighted by Gasteiger charge is 1.92. The molecule has 0 saturated heterocycles. The molecule has 48 valence electrons. The molecule has 0 amide bonds. The minimum Gasteiger partial charge on any atom is -0.379 e. The predicted octanol–water partition coefficient (Wildman–Crippen LogP) is 2.19. The first kappa shape index (κ1) is 7.96. The third-order valence-corrected chi connectivity index (χ3v) is 0.929. The van der Waals surface area contributed by atoms with Gasteiger partial charge in [-0.3, -0.25) is 0 Å². The third-order valence-electron chi connectivity index (χ3n) is 0.929. The van der Waals surface area contributed by atoms with Crippen molar-refractivity contribution in [2.75, 3.05) is 7.11 Å². The van der Waals surface area contributed by atoms with E-state index in [0.717, 1.165) is 12.8 Å². The fraction of sp³-hybridized carbons (Fsp3) is 0.714. The Balaban J connectivity index is 2.72. The smallest absolute Gasteiger partial charge is 0.0832 e. The molecule has 0 unspecified atom stereocenters. The van der Waals surface area contributed by atoms with Crippen LogP contribution in [0, 0.1) is 12.5 Å². The van der Waals surface area contributed by atoms with Gasteiger partial charge in [-0.25, -0.2) is 0 Å². The molecular formula is C7H14O. The first-order chi connectivity index (χ1) is 3.77. The van der Waals surface area contributed by atoms with Gasteiger partial charge in [-0.2, -0.15) is 0 Å². The second-order valence-electron chi connectivity index (χ2n) is 2.15. The molecule has 0 heterocycles. The van der Waals surface area contributed by atoms with Crippen molar-refractivity contribution in [1.82, 2.24) is 0 Å². The maximum atomic E-state index is 4.75. The molecule has 2 radical (unpaired) electrons. The largest absolute Gasteiger partial charge is 0.379 e. The summed E-state index contributed by atoms with van der Waals surface area (Å²) in [5.74, 6) is 1.46. The summed E-state index contributed by atoms with van der Waals surface area (Å²) in [6, 6.07) is 0. The highest BCUT2D eigenvalue weighted by atomic mass is 16.5. The van der Waals surface area contributed by atoms with Crippen molar-refractivity contribution in [3.8, 4) is 0 Å². The van der Waals surface area contributed by atoms with Crippen molar-refractivity contribution in [3.05, 3.63) is 12.5 Å². The Morgan fingerprint density at radius 3 is 2.50 bits per heavy atom. The van der Waals surface area contributed by atoms with E-state index in [1.54, 1.807) is 7.11 Å². The molecule has 0 fully saturated rings. The van der Waals surface area contributed by atoms with Gasteiger partial charge < -0.3 is 4.74 Å². The summed E-state index contributed by atoms with van der Waals surface area (Å²) in [6.07, 6.45) is 2.19. The lowest BCUT2D eigenvalue weighted by Crippen LogP contribution is -1.85. The Morgan fingerprint density at radius 2 is 2.12 bits per heavy atom. The lowest BCUT2D eigenvalue weighted by atomic mass is 10.1. The van der Waals surface area contributed by atoms with Crippen LogP contribution in [0.3, 0.4) is 0 Å². The van der Waals surface area contributed by atoms with E-state index in [-0.39, 0.29) is 0 Å².